The van der Waals surface area contributed by atoms with Gasteiger partial charge in [-0.1, -0.05) is 12.1 Å². The van der Waals surface area contributed by atoms with Crippen molar-refractivity contribution < 1.29 is 39.3 Å². The molecule has 16 nitrogen and oxygen atoms in total. The number of carbonyl (C=O) groups excluding carboxylic acids is 4. The number of nitrogens with one attached hydrogen (secondary N) is 3. The number of guanidine groups is 1. The Kier molecular flexibility index (Phi) is 13.9. The standard InChI is InChI=1S/C24H38N8O8/c1-12(33)19(26)22(38)30-15(8-9-18(25)35)20(36)32-17(11-13-4-6-14(34)7-5-13)21(37)31-16(23(39)40)3-2-10-29-24(27)28/h4-7,12,15-17,19,33-34H,2-3,8-11,26H2,1H3,(H2,25,35)(H,30,38)(H,31,37)(H,32,36)(H,39,40)(H4,27,28,29). The topological polar surface area (TPSA) is 299 Å². The summed E-state index contributed by atoms with van der Waals surface area (Å²) in [7, 11) is 0. The third-order valence-corrected chi connectivity index (χ3v) is 5.70. The van der Waals surface area contributed by atoms with Crippen LogP contribution in [0.1, 0.15) is 38.2 Å². The van der Waals surface area contributed by atoms with Crippen LogP contribution in [0.4, 0.5) is 0 Å². The van der Waals surface area contributed by atoms with Crippen LogP contribution in [0.2, 0.25) is 0 Å². The molecule has 40 heavy (non-hydrogen) atoms. The first-order chi connectivity index (χ1) is 18.7. The number of primary amides is 1. The number of carboxylic acid groups (broad SMARTS) is 1. The molecule has 14 N–H and O–H groups in total. The number of nitrogens with zero attached hydrogens (tertiary/aromatic N) is 1. The molecule has 0 bridgehead atoms. The Bertz CT molecular complexity index is 1060. The van der Waals surface area contributed by atoms with Crippen molar-refractivity contribution in [3.8, 4) is 5.75 Å². The van der Waals surface area contributed by atoms with Crippen LogP contribution >= 0.6 is 0 Å². The lowest BCUT2D eigenvalue weighted by atomic mass is 10.0. The molecular weight excluding hydrogens is 528 g/mol. The number of aliphatic hydroxyl groups is 1. The molecule has 0 aliphatic rings. The Balaban J connectivity index is 3.17. The van der Waals surface area contributed by atoms with Crippen molar-refractivity contribution in [3.05, 3.63) is 29.8 Å². The lowest BCUT2D eigenvalue weighted by molar-refractivity contribution is -0.142. The second-order valence-corrected chi connectivity index (χ2v) is 9.11. The zero-order valence-electron chi connectivity index (χ0n) is 22.1. The summed E-state index contributed by atoms with van der Waals surface area (Å²) in [6, 6.07) is 0.307. The quantitative estimate of drug-likeness (QED) is 0.0501. The predicted octanol–water partition coefficient (Wildman–Crippen LogP) is -3.50. The van der Waals surface area contributed by atoms with Gasteiger partial charge in [0.1, 0.15) is 29.9 Å². The Morgan fingerprint density at radius 2 is 1.43 bits per heavy atom. The molecule has 0 aliphatic heterocycles. The zero-order chi connectivity index (χ0) is 30.4. The number of rotatable bonds is 17. The number of aliphatic carboxylic acids is 1. The number of carbonyl (C=O) groups is 5. The van der Waals surface area contributed by atoms with Crippen molar-refractivity contribution in [2.45, 2.75) is 69.3 Å². The van der Waals surface area contributed by atoms with Gasteiger partial charge in [-0.25, -0.2) is 4.79 Å². The van der Waals surface area contributed by atoms with Crippen LogP contribution in [-0.4, -0.2) is 87.7 Å². The molecule has 5 unspecified atom stereocenters. The van der Waals surface area contributed by atoms with Crippen LogP contribution < -0.4 is 38.9 Å². The fourth-order valence-corrected chi connectivity index (χ4v) is 3.43. The summed E-state index contributed by atoms with van der Waals surface area (Å²) in [4.78, 5) is 65.6. The van der Waals surface area contributed by atoms with Gasteiger partial charge in [-0.2, -0.15) is 0 Å². The number of aromatic hydroxyl groups is 1. The largest absolute Gasteiger partial charge is 0.508 e. The van der Waals surface area contributed by atoms with Crippen molar-refractivity contribution in [3.63, 3.8) is 0 Å². The monoisotopic (exact) mass is 566 g/mol. The summed E-state index contributed by atoms with van der Waals surface area (Å²) < 4.78 is 0. The summed E-state index contributed by atoms with van der Waals surface area (Å²) in [5.74, 6) is -4.90. The average Bonchev–Trinajstić information content (AvgIpc) is 2.87. The van der Waals surface area contributed by atoms with Crippen LogP contribution in [0, 0.1) is 0 Å². The number of phenols is 1. The first-order valence-electron chi connectivity index (χ1n) is 12.4. The van der Waals surface area contributed by atoms with Crippen LogP contribution in [0.25, 0.3) is 0 Å². The molecule has 0 heterocycles. The van der Waals surface area contributed by atoms with Gasteiger partial charge in [0.15, 0.2) is 5.96 Å². The second kappa shape index (κ2) is 16.5. The number of amides is 4. The molecular formula is C24H38N8O8. The molecule has 1 aromatic carbocycles. The summed E-state index contributed by atoms with van der Waals surface area (Å²) >= 11 is 0. The molecule has 0 fully saturated rings. The van der Waals surface area contributed by atoms with Crippen molar-refractivity contribution in [1.82, 2.24) is 16.0 Å². The molecule has 0 saturated carbocycles. The highest BCUT2D eigenvalue weighted by Crippen LogP contribution is 2.12. The molecule has 0 saturated heterocycles. The second-order valence-electron chi connectivity index (χ2n) is 9.11. The third-order valence-electron chi connectivity index (χ3n) is 5.70. The van der Waals surface area contributed by atoms with Crippen LogP contribution in [-0.2, 0) is 30.4 Å². The van der Waals surface area contributed by atoms with Crippen LogP contribution in [0.15, 0.2) is 29.3 Å². The van der Waals surface area contributed by atoms with Crippen molar-refractivity contribution >= 4 is 35.6 Å². The number of hydrogen-bond acceptors (Lipinski definition) is 9. The van der Waals surface area contributed by atoms with E-state index in [0.717, 1.165) is 0 Å². The predicted molar refractivity (Wildman–Crippen MR) is 143 cm³/mol. The highest BCUT2D eigenvalue weighted by Gasteiger charge is 2.31. The molecule has 1 aromatic rings. The number of benzene rings is 1. The Morgan fingerprint density at radius 1 is 0.875 bits per heavy atom. The molecule has 0 aliphatic carbocycles. The van der Waals surface area contributed by atoms with E-state index in [1.54, 1.807) is 0 Å². The van der Waals surface area contributed by atoms with E-state index in [2.05, 4.69) is 20.9 Å². The Labute approximate surface area is 230 Å². The molecule has 0 radical (unpaired) electrons. The van der Waals surface area contributed by atoms with Gasteiger partial charge < -0.3 is 54.2 Å². The lowest BCUT2D eigenvalue weighted by Gasteiger charge is -2.25. The van der Waals surface area contributed by atoms with Gasteiger partial charge in [-0.15, -0.1) is 0 Å². The minimum atomic E-state index is -1.38. The van der Waals surface area contributed by atoms with E-state index in [-0.39, 0.29) is 50.4 Å². The number of hydrogen-bond donors (Lipinski definition) is 10. The highest BCUT2D eigenvalue weighted by molar-refractivity contribution is 5.94. The van der Waals surface area contributed by atoms with Gasteiger partial charge in [0, 0.05) is 19.4 Å². The molecule has 0 spiro atoms. The van der Waals surface area contributed by atoms with E-state index >= 15 is 0 Å². The van der Waals surface area contributed by atoms with Gasteiger partial charge >= 0.3 is 5.97 Å². The van der Waals surface area contributed by atoms with Crippen LogP contribution in [0.5, 0.6) is 5.75 Å². The third kappa shape index (κ3) is 12.4. The maximum atomic E-state index is 13.2. The maximum absolute atomic E-state index is 13.2. The van der Waals surface area contributed by atoms with Crippen molar-refractivity contribution in [1.29, 1.82) is 0 Å². The van der Waals surface area contributed by atoms with Gasteiger partial charge in [0.05, 0.1) is 6.10 Å². The number of aliphatic hydroxyl groups excluding tert-OH is 1. The van der Waals surface area contributed by atoms with Gasteiger partial charge in [0.2, 0.25) is 23.6 Å². The van der Waals surface area contributed by atoms with E-state index in [1.165, 1.54) is 31.2 Å². The molecule has 222 valence electrons. The van der Waals surface area contributed by atoms with E-state index in [4.69, 9.17) is 22.9 Å². The summed E-state index contributed by atoms with van der Waals surface area (Å²) in [6.45, 7) is 1.41. The number of nitrogens with two attached hydrogens (primary N) is 4. The van der Waals surface area contributed by atoms with Crippen LogP contribution in [0.3, 0.4) is 0 Å². The number of aliphatic imine (C=N–C) groups is 1. The SMILES string of the molecule is CC(O)C(N)C(=O)NC(CCC(N)=O)C(=O)NC(Cc1ccc(O)cc1)C(=O)NC(CCCN=C(N)N)C(=O)O. The van der Waals surface area contributed by atoms with E-state index < -0.39 is 59.9 Å². The summed E-state index contributed by atoms with van der Waals surface area (Å²) in [5.41, 5.74) is 21.8. The van der Waals surface area contributed by atoms with Gasteiger partial charge in [-0.05, 0) is 43.9 Å². The van der Waals surface area contributed by atoms with Gasteiger partial charge in [-0.3, -0.25) is 24.2 Å². The molecule has 0 aromatic heterocycles. The Hall–Kier alpha value is -4.44. The van der Waals surface area contributed by atoms with Crippen molar-refractivity contribution in [2.24, 2.45) is 27.9 Å². The maximum Gasteiger partial charge on any atom is 0.326 e. The van der Waals surface area contributed by atoms with Crippen molar-refractivity contribution in [2.75, 3.05) is 6.54 Å². The minimum absolute atomic E-state index is 0.0216. The first-order valence-corrected chi connectivity index (χ1v) is 12.4. The zero-order valence-corrected chi connectivity index (χ0v) is 22.1. The molecule has 5 atom stereocenters. The average molecular weight is 567 g/mol. The summed E-state index contributed by atoms with van der Waals surface area (Å²) in [5, 5.41) is 35.9. The normalized spacial score (nSPS) is 14.5. The number of phenolic OH excluding ortho intramolecular Hbond substituents is 1. The summed E-state index contributed by atoms with van der Waals surface area (Å²) in [6.07, 6.45) is -1.69. The minimum Gasteiger partial charge on any atom is -0.508 e. The molecule has 16 heteroatoms. The van der Waals surface area contributed by atoms with E-state index in [0.29, 0.717) is 5.56 Å². The first kappa shape index (κ1) is 33.6. The smallest absolute Gasteiger partial charge is 0.326 e. The van der Waals surface area contributed by atoms with E-state index in [9.17, 15) is 39.3 Å². The van der Waals surface area contributed by atoms with Gasteiger partial charge in [0.25, 0.3) is 0 Å². The Morgan fingerprint density at radius 3 is 1.95 bits per heavy atom. The highest BCUT2D eigenvalue weighted by atomic mass is 16.4. The van der Waals surface area contributed by atoms with E-state index in [1.807, 2.05) is 0 Å². The lowest BCUT2D eigenvalue weighted by Crippen LogP contribution is -2.58. The number of carboxylic acids is 1. The molecule has 4 amide bonds. The molecule has 1 rings (SSSR count). The fourth-order valence-electron chi connectivity index (χ4n) is 3.43. The fraction of sp³-hybridized carbons (Fsp3) is 0.500.